The van der Waals surface area contributed by atoms with Gasteiger partial charge in [0.1, 0.15) is 0 Å². The maximum absolute atomic E-state index is 11.1. The Morgan fingerprint density at radius 1 is 1.26 bits per heavy atom. The molecule has 19 heavy (non-hydrogen) atoms. The van der Waals surface area contributed by atoms with Crippen molar-refractivity contribution in [1.29, 1.82) is 0 Å². The third-order valence-electron chi connectivity index (χ3n) is 3.75. The molecule has 0 spiro atoms. The van der Waals surface area contributed by atoms with Crippen molar-refractivity contribution in [2.24, 2.45) is 0 Å². The molecule has 1 amide bonds. The van der Waals surface area contributed by atoms with Gasteiger partial charge in [-0.15, -0.1) is 0 Å². The first-order chi connectivity index (χ1) is 9.29. The topological polar surface area (TPSA) is 32.3 Å². The summed E-state index contributed by atoms with van der Waals surface area (Å²) >= 11 is 0. The van der Waals surface area contributed by atoms with E-state index < -0.39 is 0 Å². The van der Waals surface area contributed by atoms with Crippen molar-refractivity contribution >= 4 is 5.91 Å². The van der Waals surface area contributed by atoms with Crippen molar-refractivity contribution in [2.45, 2.75) is 39.2 Å². The van der Waals surface area contributed by atoms with Crippen LogP contribution in [-0.2, 0) is 17.8 Å². The van der Waals surface area contributed by atoms with Gasteiger partial charge in [-0.25, -0.2) is 0 Å². The number of hydrogen-bond donors (Lipinski definition) is 1. The summed E-state index contributed by atoms with van der Waals surface area (Å²) in [7, 11) is 0. The van der Waals surface area contributed by atoms with E-state index in [9.17, 15) is 4.79 Å². The minimum Gasteiger partial charge on any atom is -0.356 e. The van der Waals surface area contributed by atoms with Crippen molar-refractivity contribution in [3.63, 3.8) is 0 Å². The zero-order chi connectivity index (χ0) is 13.5. The standard InChI is InChI=1S/C16H24N2O/c1-2-16(19)17-10-5-6-11-18-12-9-14-7-3-4-8-15(14)13-18/h3-4,7-8H,2,5-6,9-13H2,1H3,(H,17,19). The fourth-order valence-corrected chi connectivity index (χ4v) is 2.56. The highest BCUT2D eigenvalue weighted by Gasteiger charge is 2.14. The summed E-state index contributed by atoms with van der Waals surface area (Å²) in [5, 5.41) is 2.93. The van der Waals surface area contributed by atoms with Crippen LogP contribution in [0.15, 0.2) is 24.3 Å². The highest BCUT2D eigenvalue weighted by Crippen LogP contribution is 2.18. The Hall–Kier alpha value is -1.35. The predicted molar refractivity (Wildman–Crippen MR) is 78.0 cm³/mol. The van der Waals surface area contributed by atoms with Gasteiger partial charge in [0, 0.05) is 26.1 Å². The van der Waals surface area contributed by atoms with Crippen molar-refractivity contribution in [3.05, 3.63) is 35.4 Å². The maximum atomic E-state index is 11.1. The number of nitrogens with zero attached hydrogens (tertiary/aromatic N) is 1. The molecule has 3 heteroatoms. The van der Waals surface area contributed by atoms with Crippen LogP contribution in [0.2, 0.25) is 0 Å². The first-order valence-electron chi connectivity index (χ1n) is 7.35. The van der Waals surface area contributed by atoms with E-state index >= 15 is 0 Å². The fraction of sp³-hybridized carbons (Fsp3) is 0.562. The Kier molecular flexibility index (Phi) is 5.40. The molecule has 0 saturated heterocycles. The molecule has 0 aliphatic carbocycles. The number of unbranched alkanes of at least 4 members (excludes halogenated alkanes) is 1. The fourth-order valence-electron chi connectivity index (χ4n) is 2.56. The monoisotopic (exact) mass is 260 g/mol. The Labute approximate surface area is 116 Å². The molecule has 0 fully saturated rings. The van der Waals surface area contributed by atoms with E-state index in [0.29, 0.717) is 6.42 Å². The summed E-state index contributed by atoms with van der Waals surface area (Å²) in [5.74, 6) is 0.159. The largest absolute Gasteiger partial charge is 0.356 e. The van der Waals surface area contributed by atoms with Crippen LogP contribution in [-0.4, -0.2) is 30.4 Å². The van der Waals surface area contributed by atoms with Gasteiger partial charge in [0.2, 0.25) is 5.91 Å². The molecular weight excluding hydrogens is 236 g/mol. The van der Waals surface area contributed by atoms with Crippen molar-refractivity contribution in [2.75, 3.05) is 19.6 Å². The summed E-state index contributed by atoms with van der Waals surface area (Å²) in [6.45, 7) is 6.09. The molecule has 0 atom stereocenters. The lowest BCUT2D eigenvalue weighted by atomic mass is 10.00. The number of amides is 1. The number of hydrogen-bond acceptors (Lipinski definition) is 2. The van der Waals surface area contributed by atoms with E-state index in [4.69, 9.17) is 0 Å². The molecule has 1 aliphatic rings. The Morgan fingerprint density at radius 2 is 2.05 bits per heavy atom. The van der Waals surface area contributed by atoms with Gasteiger partial charge in [-0.3, -0.25) is 9.69 Å². The van der Waals surface area contributed by atoms with Crippen LogP contribution in [0.1, 0.15) is 37.3 Å². The number of carbonyl (C=O) groups excluding carboxylic acids is 1. The molecule has 1 aromatic carbocycles. The molecule has 104 valence electrons. The molecule has 1 N–H and O–H groups in total. The number of rotatable bonds is 6. The SMILES string of the molecule is CCC(=O)NCCCCN1CCc2ccccc2C1. The Bertz CT molecular complexity index is 417. The molecule has 1 aromatic rings. The number of fused-ring (bicyclic) bond motifs is 1. The zero-order valence-electron chi connectivity index (χ0n) is 11.8. The van der Waals surface area contributed by atoms with Crippen LogP contribution < -0.4 is 5.32 Å². The second-order valence-electron chi connectivity index (χ2n) is 5.21. The first-order valence-corrected chi connectivity index (χ1v) is 7.35. The molecule has 0 aromatic heterocycles. The van der Waals surface area contributed by atoms with E-state index in [0.717, 1.165) is 32.5 Å². The van der Waals surface area contributed by atoms with E-state index in [2.05, 4.69) is 34.5 Å². The normalized spacial score (nSPS) is 15.0. The smallest absolute Gasteiger partial charge is 0.219 e. The van der Waals surface area contributed by atoms with E-state index in [1.165, 1.54) is 24.1 Å². The summed E-state index contributed by atoms with van der Waals surface area (Å²) in [6, 6.07) is 8.74. The molecule has 1 aliphatic heterocycles. The van der Waals surface area contributed by atoms with Crippen LogP contribution in [0.3, 0.4) is 0 Å². The summed E-state index contributed by atoms with van der Waals surface area (Å²) in [5.41, 5.74) is 2.99. The third-order valence-corrected chi connectivity index (χ3v) is 3.75. The minimum atomic E-state index is 0.159. The van der Waals surface area contributed by atoms with Gasteiger partial charge in [0.15, 0.2) is 0 Å². The Morgan fingerprint density at radius 3 is 2.84 bits per heavy atom. The second-order valence-corrected chi connectivity index (χ2v) is 5.21. The molecule has 2 rings (SSSR count). The zero-order valence-corrected chi connectivity index (χ0v) is 11.8. The van der Waals surface area contributed by atoms with Crippen LogP contribution in [0.4, 0.5) is 0 Å². The number of benzene rings is 1. The van der Waals surface area contributed by atoms with Gasteiger partial charge >= 0.3 is 0 Å². The lowest BCUT2D eigenvalue weighted by molar-refractivity contribution is -0.120. The van der Waals surface area contributed by atoms with Crippen molar-refractivity contribution in [1.82, 2.24) is 10.2 Å². The highest BCUT2D eigenvalue weighted by molar-refractivity contribution is 5.75. The molecule has 0 bridgehead atoms. The third kappa shape index (κ3) is 4.35. The molecular formula is C16H24N2O. The van der Waals surface area contributed by atoms with Gasteiger partial charge < -0.3 is 5.32 Å². The van der Waals surface area contributed by atoms with Crippen LogP contribution in [0.5, 0.6) is 0 Å². The molecule has 3 nitrogen and oxygen atoms in total. The average molecular weight is 260 g/mol. The predicted octanol–water partition coefficient (Wildman–Crippen LogP) is 2.35. The van der Waals surface area contributed by atoms with Gasteiger partial charge in [-0.1, -0.05) is 31.2 Å². The summed E-state index contributed by atoms with van der Waals surface area (Å²) in [4.78, 5) is 13.6. The number of carbonyl (C=O) groups is 1. The van der Waals surface area contributed by atoms with E-state index in [-0.39, 0.29) is 5.91 Å². The maximum Gasteiger partial charge on any atom is 0.219 e. The molecule has 1 heterocycles. The summed E-state index contributed by atoms with van der Waals surface area (Å²) in [6.07, 6.45) is 3.99. The van der Waals surface area contributed by atoms with Gasteiger partial charge in [-0.05, 0) is 36.9 Å². The highest BCUT2D eigenvalue weighted by atomic mass is 16.1. The first kappa shape index (κ1) is 14.1. The number of nitrogens with one attached hydrogen (secondary N) is 1. The molecule has 0 unspecified atom stereocenters. The quantitative estimate of drug-likeness (QED) is 0.796. The molecule has 0 radical (unpaired) electrons. The van der Waals surface area contributed by atoms with Crippen molar-refractivity contribution in [3.8, 4) is 0 Å². The van der Waals surface area contributed by atoms with E-state index in [1.807, 2.05) is 6.92 Å². The van der Waals surface area contributed by atoms with Crippen LogP contribution in [0.25, 0.3) is 0 Å². The lowest BCUT2D eigenvalue weighted by Gasteiger charge is -2.28. The van der Waals surface area contributed by atoms with Crippen LogP contribution >= 0.6 is 0 Å². The minimum absolute atomic E-state index is 0.159. The van der Waals surface area contributed by atoms with Crippen LogP contribution in [0, 0.1) is 0 Å². The lowest BCUT2D eigenvalue weighted by Crippen LogP contribution is -2.32. The van der Waals surface area contributed by atoms with Gasteiger partial charge in [0.05, 0.1) is 0 Å². The average Bonchev–Trinajstić information content (AvgIpc) is 2.46. The van der Waals surface area contributed by atoms with E-state index in [1.54, 1.807) is 0 Å². The Balaban J connectivity index is 1.64. The van der Waals surface area contributed by atoms with Crippen molar-refractivity contribution < 1.29 is 4.79 Å². The van der Waals surface area contributed by atoms with Gasteiger partial charge in [0.25, 0.3) is 0 Å². The second kappa shape index (κ2) is 7.29. The van der Waals surface area contributed by atoms with Gasteiger partial charge in [-0.2, -0.15) is 0 Å². The molecule has 0 saturated carbocycles. The summed E-state index contributed by atoms with van der Waals surface area (Å²) < 4.78 is 0.